The van der Waals surface area contributed by atoms with Crippen molar-refractivity contribution >= 4 is 5.91 Å². The van der Waals surface area contributed by atoms with Crippen molar-refractivity contribution in [2.45, 2.75) is 76.3 Å². The van der Waals surface area contributed by atoms with Crippen molar-refractivity contribution in [3.8, 4) is 0 Å². The Hall–Kier alpha value is -0.570. The topological polar surface area (TPSA) is 41.1 Å². The molecular formula is C14H26N2O. The van der Waals surface area contributed by atoms with Crippen LogP contribution in [0, 0.1) is 0 Å². The van der Waals surface area contributed by atoms with E-state index in [1.54, 1.807) is 0 Å². The van der Waals surface area contributed by atoms with Crippen LogP contribution in [-0.2, 0) is 4.79 Å². The normalized spacial score (nSPS) is 22.1. The van der Waals surface area contributed by atoms with Crippen LogP contribution in [-0.4, -0.2) is 24.5 Å². The van der Waals surface area contributed by atoms with Crippen LogP contribution < -0.4 is 10.6 Å². The fourth-order valence-corrected chi connectivity index (χ4v) is 2.57. The van der Waals surface area contributed by atoms with Gasteiger partial charge >= 0.3 is 0 Å². The Morgan fingerprint density at radius 3 is 2.29 bits per heavy atom. The fraction of sp³-hybridized carbons (Fsp3) is 0.929. The van der Waals surface area contributed by atoms with Gasteiger partial charge in [-0.25, -0.2) is 0 Å². The Labute approximate surface area is 105 Å². The number of nitrogens with one attached hydrogen (secondary N) is 2. The summed E-state index contributed by atoms with van der Waals surface area (Å²) in [4.78, 5) is 11.5. The summed E-state index contributed by atoms with van der Waals surface area (Å²) in [6.45, 7) is 1.00. The first-order valence-corrected chi connectivity index (χ1v) is 7.37. The molecule has 17 heavy (non-hydrogen) atoms. The number of amides is 1. The first kappa shape index (κ1) is 12.9. The van der Waals surface area contributed by atoms with Gasteiger partial charge in [-0.15, -0.1) is 0 Å². The molecule has 0 spiro atoms. The van der Waals surface area contributed by atoms with Crippen molar-refractivity contribution in [1.29, 1.82) is 0 Å². The van der Waals surface area contributed by atoms with Gasteiger partial charge in [0, 0.05) is 18.5 Å². The van der Waals surface area contributed by atoms with Crippen molar-refractivity contribution in [2.24, 2.45) is 0 Å². The van der Waals surface area contributed by atoms with E-state index in [1.165, 1.54) is 51.4 Å². The number of hydrogen-bond acceptors (Lipinski definition) is 2. The number of rotatable bonds is 6. The molecule has 0 aromatic rings. The molecule has 0 atom stereocenters. The molecule has 0 aliphatic heterocycles. The molecule has 0 radical (unpaired) electrons. The van der Waals surface area contributed by atoms with Crippen LogP contribution >= 0.6 is 0 Å². The van der Waals surface area contributed by atoms with Gasteiger partial charge in [0.05, 0.1) is 0 Å². The first-order chi connectivity index (χ1) is 8.34. The maximum absolute atomic E-state index is 11.5. The van der Waals surface area contributed by atoms with Gasteiger partial charge in [0.25, 0.3) is 0 Å². The van der Waals surface area contributed by atoms with Crippen molar-refractivity contribution in [3.05, 3.63) is 0 Å². The molecule has 0 aromatic carbocycles. The predicted octanol–water partition coefficient (Wildman–Crippen LogP) is 2.36. The molecule has 3 nitrogen and oxygen atoms in total. The lowest BCUT2D eigenvalue weighted by molar-refractivity contribution is -0.121. The van der Waals surface area contributed by atoms with E-state index in [-0.39, 0.29) is 5.91 Å². The van der Waals surface area contributed by atoms with E-state index in [9.17, 15) is 4.79 Å². The second-order valence-electron chi connectivity index (χ2n) is 5.59. The zero-order chi connectivity index (χ0) is 11.9. The van der Waals surface area contributed by atoms with E-state index in [0.29, 0.717) is 18.5 Å². The van der Waals surface area contributed by atoms with Crippen LogP contribution in [0.4, 0.5) is 0 Å². The van der Waals surface area contributed by atoms with Gasteiger partial charge in [0.15, 0.2) is 0 Å². The minimum Gasteiger partial charge on any atom is -0.353 e. The third-order valence-electron chi connectivity index (χ3n) is 3.81. The van der Waals surface area contributed by atoms with E-state index in [1.807, 2.05) is 0 Å². The molecule has 1 amide bonds. The van der Waals surface area contributed by atoms with Gasteiger partial charge < -0.3 is 10.6 Å². The highest BCUT2D eigenvalue weighted by molar-refractivity contribution is 5.76. The summed E-state index contributed by atoms with van der Waals surface area (Å²) in [7, 11) is 0. The largest absolute Gasteiger partial charge is 0.353 e. The molecule has 0 bridgehead atoms. The summed E-state index contributed by atoms with van der Waals surface area (Å²) >= 11 is 0. The number of hydrogen-bond donors (Lipinski definition) is 2. The van der Waals surface area contributed by atoms with Crippen LogP contribution in [0.3, 0.4) is 0 Å². The quantitative estimate of drug-likeness (QED) is 0.551. The number of carbonyl (C=O) groups is 1. The molecule has 0 heterocycles. The van der Waals surface area contributed by atoms with Crippen LogP contribution in [0.2, 0.25) is 0 Å². The molecule has 3 heteroatoms. The molecule has 0 aromatic heterocycles. The third-order valence-corrected chi connectivity index (χ3v) is 3.81. The summed E-state index contributed by atoms with van der Waals surface area (Å²) in [6, 6.07) is 1.22. The summed E-state index contributed by atoms with van der Waals surface area (Å²) in [5.74, 6) is 0.246. The SMILES string of the molecule is O=C(CCCNC1CCCCCC1)NC1CC1. The molecule has 98 valence electrons. The fourth-order valence-electron chi connectivity index (χ4n) is 2.57. The van der Waals surface area contributed by atoms with Crippen LogP contribution in [0.15, 0.2) is 0 Å². The van der Waals surface area contributed by atoms with Crippen molar-refractivity contribution in [2.75, 3.05) is 6.54 Å². The molecule has 2 rings (SSSR count). The maximum Gasteiger partial charge on any atom is 0.220 e. The molecule has 2 aliphatic carbocycles. The average molecular weight is 238 g/mol. The maximum atomic E-state index is 11.5. The Balaban J connectivity index is 1.48. The summed E-state index contributed by atoms with van der Waals surface area (Å²) < 4.78 is 0. The van der Waals surface area contributed by atoms with Crippen molar-refractivity contribution in [1.82, 2.24) is 10.6 Å². The predicted molar refractivity (Wildman–Crippen MR) is 69.9 cm³/mol. The number of carbonyl (C=O) groups excluding carboxylic acids is 1. The van der Waals surface area contributed by atoms with Crippen molar-refractivity contribution < 1.29 is 4.79 Å². The average Bonchev–Trinajstić information content (AvgIpc) is 3.11. The highest BCUT2D eigenvalue weighted by Crippen LogP contribution is 2.19. The highest BCUT2D eigenvalue weighted by Gasteiger charge is 2.22. The first-order valence-electron chi connectivity index (χ1n) is 7.37. The van der Waals surface area contributed by atoms with Gasteiger partial charge in [-0.3, -0.25) is 4.79 Å². The Bertz CT molecular complexity index is 230. The lowest BCUT2D eigenvalue weighted by Gasteiger charge is -2.15. The molecule has 2 aliphatic rings. The van der Waals surface area contributed by atoms with E-state index in [0.717, 1.165) is 13.0 Å². The van der Waals surface area contributed by atoms with Gasteiger partial charge in [-0.1, -0.05) is 25.7 Å². The molecule has 2 saturated carbocycles. The molecule has 2 N–H and O–H groups in total. The molecule has 0 unspecified atom stereocenters. The lowest BCUT2D eigenvalue weighted by atomic mass is 10.1. The summed E-state index contributed by atoms with van der Waals surface area (Å²) in [6.07, 6.45) is 12.3. The van der Waals surface area contributed by atoms with Crippen LogP contribution in [0.1, 0.15) is 64.2 Å². The molecular weight excluding hydrogens is 212 g/mol. The highest BCUT2D eigenvalue weighted by atomic mass is 16.1. The van der Waals surface area contributed by atoms with E-state index in [2.05, 4.69) is 10.6 Å². The zero-order valence-corrected chi connectivity index (χ0v) is 10.8. The zero-order valence-electron chi connectivity index (χ0n) is 10.8. The summed E-state index contributed by atoms with van der Waals surface area (Å²) in [5.41, 5.74) is 0. The molecule has 2 fully saturated rings. The Kier molecular flexibility index (Phi) is 5.30. The molecule has 0 saturated heterocycles. The van der Waals surface area contributed by atoms with Crippen LogP contribution in [0.25, 0.3) is 0 Å². The third kappa shape index (κ3) is 5.53. The standard InChI is InChI=1S/C14H26N2O/c17-14(16-13-9-10-13)8-5-11-15-12-6-3-1-2-4-7-12/h12-13,15H,1-11H2,(H,16,17). The van der Waals surface area contributed by atoms with Gasteiger partial charge in [-0.2, -0.15) is 0 Å². The van der Waals surface area contributed by atoms with Gasteiger partial charge in [-0.05, 0) is 38.6 Å². The van der Waals surface area contributed by atoms with E-state index >= 15 is 0 Å². The second kappa shape index (κ2) is 7.00. The Morgan fingerprint density at radius 1 is 0.941 bits per heavy atom. The second-order valence-corrected chi connectivity index (χ2v) is 5.59. The minimum atomic E-state index is 0.246. The van der Waals surface area contributed by atoms with Crippen LogP contribution in [0.5, 0.6) is 0 Å². The van der Waals surface area contributed by atoms with Gasteiger partial charge in [0.1, 0.15) is 0 Å². The Morgan fingerprint density at radius 2 is 1.65 bits per heavy atom. The van der Waals surface area contributed by atoms with E-state index < -0.39 is 0 Å². The monoisotopic (exact) mass is 238 g/mol. The minimum absolute atomic E-state index is 0.246. The lowest BCUT2D eigenvalue weighted by Crippen LogP contribution is -2.31. The van der Waals surface area contributed by atoms with E-state index in [4.69, 9.17) is 0 Å². The smallest absolute Gasteiger partial charge is 0.220 e. The summed E-state index contributed by atoms with van der Waals surface area (Å²) in [5, 5.41) is 6.64. The van der Waals surface area contributed by atoms with Crippen molar-refractivity contribution in [3.63, 3.8) is 0 Å². The van der Waals surface area contributed by atoms with Gasteiger partial charge in [0.2, 0.25) is 5.91 Å².